The molecule has 1 aromatic rings. The largest absolute Gasteiger partial charge is 0.379 e. The van der Waals surface area contributed by atoms with Gasteiger partial charge in [-0.15, -0.1) is 0 Å². The quantitative estimate of drug-likeness (QED) is 0.759. The number of hydrogen-bond acceptors (Lipinski definition) is 3. The second-order valence-electron chi connectivity index (χ2n) is 2.78. The molecule has 13 heavy (non-hydrogen) atoms. The molecule has 0 spiro atoms. The van der Waals surface area contributed by atoms with Gasteiger partial charge in [-0.25, -0.2) is 9.74 Å². The van der Waals surface area contributed by atoms with Crippen LogP contribution in [0.2, 0.25) is 0 Å². The van der Waals surface area contributed by atoms with Crippen LogP contribution in [0, 0.1) is 0 Å². The second-order valence-corrected chi connectivity index (χ2v) is 2.78. The van der Waals surface area contributed by atoms with Crippen molar-refractivity contribution in [2.45, 2.75) is 13.0 Å². The highest BCUT2D eigenvalue weighted by Gasteiger charge is 2.07. The molecule has 0 amide bonds. The maximum atomic E-state index is 11.5. The summed E-state index contributed by atoms with van der Waals surface area (Å²) in [6.45, 7) is 1.82. The van der Waals surface area contributed by atoms with Crippen molar-refractivity contribution in [3.63, 3.8) is 0 Å². The molecule has 0 saturated carbocycles. The van der Waals surface area contributed by atoms with E-state index in [0.717, 1.165) is 5.56 Å². The Morgan fingerprint density at radius 1 is 1.46 bits per heavy atom. The van der Waals surface area contributed by atoms with E-state index < -0.39 is 5.97 Å². The molecule has 2 N–H and O–H groups in total. The maximum Gasteiger partial charge on any atom is 0.379 e. The van der Waals surface area contributed by atoms with E-state index in [9.17, 15) is 9.32 Å². The highest BCUT2D eigenvalue weighted by Crippen LogP contribution is 2.11. The molecule has 0 bridgehead atoms. The van der Waals surface area contributed by atoms with E-state index in [1.807, 2.05) is 6.92 Å². The van der Waals surface area contributed by atoms with E-state index in [-0.39, 0.29) is 11.6 Å². The molecule has 0 aliphatic rings. The lowest BCUT2D eigenvalue weighted by atomic mass is 10.1. The summed E-state index contributed by atoms with van der Waals surface area (Å²) >= 11 is 0. The average molecular weight is 183 g/mol. The minimum Gasteiger partial charge on any atom is -0.324 e. The summed E-state index contributed by atoms with van der Waals surface area (Å²) in [6, 6.07) is 6.17. The topological polar surface area (TPSA) is 52.3 Å². The Morgan fingerprint density at radius 3 is 2.38 bits per heavy atom. The molecule has 0 radical (unpaired) electrons. The Morgan fingerprint density at radius 2 is 2.00 bits per heavy atom. The van der Waals surface area contributed by atoms with Gasteiger partial charge in [-0.05, 0) is 24.6 Å². The van der Waals surface area contributed by atoms with Gasteiger partial charge in [0.05, 0.1) is 5.56 Å². The van der Waals surface area contributed by atoms with Crippen molar-refractivity contribution in [2.75, 3.05) is 0 Å². The summed E-state index contributed by atoms with van der Waals surface area (Å²) in [7, 11) is 0. The third kappa shape index (κ3) is 2.26. The molecule has 0 aliphatic heterocycles. The van der Waals surface area contributed by atoms with Crippen LogP contribution in [0.25, 0.3) is 0 Å². The van der Waals surface area contributed by atoms with Gasteiger partial charge in [0.25, 0.3) is 0 Å². The summed E-state index contributed by atoms with van der Waals surface area (Å²) in [5.74, 6) is -0.990. The SMILES string of the molecule is CC(N)c1ccc(C(=O)OF)cc1. The smallest absolute Gasteiger partial charge is 0.324 e. The van der Waals surface area contributed by atoms with Gasteiger partial charge in [0, 0.05) is 10.6 Å². The Kier molecular flexibility index (Phi) is 2.97. The average Bonchev–Trinajstić information content (AvgIpc) is 2.17. The minimum absolute atomic E-state index is 0.101. The van der Waals surface area contributed by atoms with Crippen LogP contribution in [0.15, 0.2) is 24.3 Å². The Bertz CT molecular complexity index is 295. The normalized spacial score (nSPS) is 12.2. The highest BCUT2D eigenvalue weighted by atomic mass is 19.3. The number of rotatable bonds is 2. The zero-order valence-corrected chi connectivity index (χ0v) is 7.16. The third-order valence-corrected chi connectivity index (χ3v) is 1.74. The molecule has 70 valence electrons. The van der Waals surface area contributed by atoms with Gasteiger partial charge in [-0.2, -0.15) is 0 Å². The van der Waals surface area contributed by atoms with Gasteiger partial charge >= 0.3 is 5.97 Å². The summed E-state index contributed by atoms with van der Waals surface area (Å²) in [5.41, 5.74) is 6.64. The monoisotopic (exact) mass is 183 g/mol. The minimum atomic E-state index is -0.990. The number of hydrogen-bond donors (Lipinski definition) is 1. The van der Waals surface area contributed by atoms with Crippen molar-refractivity contribution in [1.82, 2.24) is 0 Å². The maximum absolute atomic E-state index is 11.5. The van der Waals surface area contributed by atoms with E-state index in [1.54, 1.807) is 12.1 Å². The van der Waals surface area contributed by atoms with Gasteiger partial charge in [0.1, 0.15) is 0 Å². The summed E-state index contributed by atoms with van der Waals surface area (Å²) in [5, 5.41) is 0. The van der Waals surface area contributed by atoms with Crippen LogP contribution in [-0.2, 0) is 4.94 Å². The molecule has 4 heteroatoms. The lowest BCUT2D eigenvalue weighted by Crippen LogP contribution is -2.05. The third-order valence-electron chi connectivity index (χ3n) is 1.74. The molecule has 1 rings (SSSR count). The van der Waals surface area contributed by atoms with E-state index in [4.69, 9.17) is 5.73 Å². The summed E-state index contributed by atoms with van der Waals surface area (Å²) < 4.78 is 11.5. The standard InChI is InChI=1S/C9H10FNO2/c1-6(11)7-2-4-8(5-3-7)9(12)13-10/h2-6H,11H2,1H3. The molecule has 1 unspecified atom stereocenters. The Hall–Kier alpha value is -1.42. The predicted molar refractivity (Wildman–Crippen MR) is 45.6 cm³/mol. The fourth-order valence-electron chi connectivity index (χ4n) is 0.967. The number of carbonyl (C=O) groups is 1. The van der Waals surface area contributed by atoms with Crippen molar-refractivity contribution in [3.05, 3.63) is 35.4 Å². The van der Waals surface area contributed by atoms with Crippen LogP contribution in [0.5, 0.6) is 0 Å². The lowest BCUT2D eigenvalue weighted by molar-refractivity contribution is -0.0788. The molecule has 1 atom stereocenters. The summed E-state index contributed by atoms with van der Waals surface area (Å²) in [6.07, 6.45) is 0. The van der Waals surface area contributed by atoms with Gasteiger partial charge in [0.2, 0.25) is 0 Å². The van der Waals surface area contributed by atoms with E-state index in [1.165, 1.54) is 12.1 Å². The first kappa shape index (κ1) is 9.67. The second kappa shape index (κ2) is 4.00. The van der Waals surface area contributed by atoms with Crippen molar-refractivity contribution in [2.24, 2.45) is 5.73 Å². The molecule has 0 heterocycles. The van der Waals surface area contributed by atoms with E-state index in [2.05, 4.69) is 4.94 Å². The first-order valence-corrected chi connectivity index (χ1v) is 3.83. The van der Waals surface area contributed by atoms with Crippen LogP contribution < -0.4 is 5.73 Å². The predicted octanol–water partition coefficient (Wildman–Crippen LogP) is 1.75. The Balaban J connectivity index is 2.87. The molecule has 0 saturated heterocycles. The van der Waals surface area contributed by atoms with Gasteiger partial charge in [-0.1, -0.05) is 12.1 Å². The number of halogens is 1. The van der Waals surface area contributed by atoms with Gasteiger partial charge in [0.15, 0.2) is 0 Å². The Labute approximate surface area is 75.2 Å². The zero-order valence-electron chi connectivity index (χ0n) is 7.16. The number of carbonyl (C=O) groups excluding carboxylic acids is 1. The van der Waals surface area contributed by atoms with E-state index >= 15 is 0 Å². The van der Waals surface area contributed by atoms with Crippen LogP contribution in [0.3, 0.4) is 0 Å². The van der Waals surface area contributed by atoms with Crippen LogP contribution in [0.4, 0.5) is 4.53 Å². The fraction of sp³-hybridized carbons (Fsp3) is 0.222. The molecule has 1 aromatic carbocycles. The van der Waals surface area contributed by atoms with Crippen LogP contribution >= 0.6 is 0 Å². The van der Waals surface area contributed by atoms with E-state index in [0.29, 0.717) is 0 Å². The first-order chi connectivity index (χ1) is 6.15. The van der Waals surface area contributed by atoms with Crippen molar-refractivity contribution in [1.29, 1.82) is 0 Å². The van der Waals surface area contributed by atoms with Crippen molar-refractivity contribution in [3.8, 4) is 0 Å². The summed E-state index contributed by atoms with van der Waals surface area (Å²) in [4.78, 5) is 13.7. The first-order valence-electron chi connectivity index (χ1n) is 3.83. The van der Waals surface area contributed by atoms with Gasteiger partial charge in [-0.3, -0.25) is 0 Å². The molecule has 0 aromatic heterocycles. The molecule has 0 aliphatic carbocycles. The number of nitrogens with two attached hydrogens (primary N) is 1. The van der Waals surface area contributed by atoms with Crippen LogP contribution in [-0.4, -0.2) is 5.97 Å². The lowest BCUT2D eigenvalue weighted by Gasteiger charge is -2.04. The van der Waals surface area contributed by atoms with Crippen LogP contribution in [0.1, 0.15) is 28.9 Å². The van der Waals surface area contributed by atoms with Gasteiger partial charge < -0.3 is 5.73 Å². The van der Waals surface area contributed by atoms with Crippen molar-refractivity contribution >= 4 is 5.97 Å². The number of benzene rings is 1. The molecule has 3 nitrogen and oxygen atoms in total. The fourth-order valence-corrected chi connectivity index (χ4v) is 0.967. The zero-order chi connectivity index (χ0) is 9.84. The van der Waals surface area contributed by atoms with Crippen molar-refractivity contribution < 1.29 is 14.3 Å². The highest BCUT2D eigenvalue weighted by molar-refractivity contribution is 5.88. The molecule has 0 fully saturated rings. The molecular formula is C9H10FNO2. The molecular weight excluding hydrogens is 173 g/mol.